The van der Waals surface area contributed by atoms with Gasteiger partial charge in [0.15, 0.2) is 11.3 Å². The van der Waals surface area contributed by atoms with Crippen molar-refractivity contribution in [1.29, 1.82) is 0 Å². The van der Waals surface area contributed by atoms with Crippen LogP contribution in [0.4, 0.5) is 13.2 Å². The fourth-order valence-corrected chi connectivity index (χ4v) is 4.37. The molecule has 1 aliphatic rings. The van der Waals surface area contributed by atoms with Crippen molar-refractivity contribution in [3.63, 3.8) is 0 Å². The van der Waals surface area contributed by atoms with Crippen LogP contribution in [0, 0.1) is 12.8 Å². The minimum Gasteiger partial charge on any atom is -0.486 e. The molecule has 0 spiro atoms. The molecule has 2 atom stereocenters. The number of carbonyl (C=O) groups is 1. The van der Waals surface area contributed by atoms with Crippen LogP contribution < -0.4 is 10.3 Å². The van der Waals surface area contributed by atoms with E-state index < -0.39 is 29.1 Å². The summed E-state index contributed by atoms with van der Waals surface area (Å²) >= 11 is 0. The molecule has 0 saturated carbocycles. The second kappa shape index (κ2) is 9.20. The number of aliphatic hydroxyl groups is 1. The van der Waals surface area contributed by atoms with Gasteiger partial charge in [-0.05, 0) is 64.4 Å². The van der Waals surface area contributed by atoms with Crippen molar-refractivity contribution in [2.45, 2.75) is 52.0 Å². The smallest absolute Gasteiger partial charge is 0.433 e. The van der Waals surface area contributed by atoms with Crippen molar-refractivity contribution in [1.82, 2.24) is 19.9 Å². The molecule has 3 heterocycles. The number of aryl methyl sites for hydroxylation is 1. The fraction of sp³-hybridized carbons (Fsp3) is 0.440. The number of amides is 1. The SMILES string of the molecule is Cc1nc2nc(C(F)(F)F)c([C@H](C)Oc3ccc(C(=O)N4CC[C@H](C(C)(C)O)C4)cc3)cc2c(=O)[nH]1. The topological polar surface area (TPSA) is 108 Å². The summed E-state index contributed by atoms with van der Waals surface area (Å²) in [6, 6.07) is 7.20. The van der Waals surface area contributed by atoms with Crippen LogP contribution in [0.15, 0.2) is 35.1 Å². The van der Waals surface area contributed by atoms with E-state index in [9.17, 15) is 27.9 Å². The maximum atomic E-state index is 13.8. The Bertz CT molecular complexity index is 1350. The molecule has 8 nitrogen and oxygen atoms in total. The highest BCUT2D eigenvalue weighted by molar-refractivity contribution is 5.94. The molecule has 1 fully saturated rings. The molecule has 0 radical (unpaired) electrons. The number of pyridine rings is 1. The third-order valence-corrected chi connectivity index (χ3v) is 6.44. The predicted octanol–water partition coefficient (Wildman–Crippen LogP) is 4.02. The van der Waals surface area contributed by atoms with E-state index in [2.05, 4.69) is 15.0 Å². The van der Waals surface area contributed by atoms with Gasteiger partial charge in [0.25, 0.3) is 11.5 Å². The Morgan fingerprint density at radius 2 is 1.89 bits per heavy atom. The van der Waals surface area contributed by atoms with Gasteiger partial charge in [0, 0.05) is 30.1 Å². The van der Waals surface area contributed by atoms with Gasteiger partial charge in [0.05, 0.1) is 11.0 Å². The molecular weight excluding hydrogens is 477 g/mol. The molecule has 2 aromatic heterocycles. The van der Waals surface area contributed by atoms with Crippen molar-refractivity contribution in [3.05, 3.63) is 63.3 Å². The lowest BCUT2D eigenvalue weighted by molar-refractivity contribution is -0.142. The van der Waals surface area contributed by atoms with E-state index in [1.807, 2.05) is 0 Å². The Kier molecular flexibility index (Phi) is 6.54. The van der Waals surface area contributed by atoms with Gasteiger partial charge in [0.2, 0.25) is 0 Å². The highest BCUT2D eigenvalue weighted by Gasteiger charge is 2.38. The summed E-state index contributed by atoms with van der Waals surface area (Å²) in [7, 11) is 0. The Morgan fingerprint density at radius 3 is 2.47 bits per heavy atom. The second-order valence-electron chi connectivity index (χ2n) is 9.62. The van der Waals surface area contributed by atoms with E-state index in [4.69, 9.17) is 4.74 Å². The van der Waals surface area contributed by atoms with Crippen molar-refractivity contribution in [3.8, 4) is 5.75 Å². The third kappa shape index (κ3) is 5.20. The first-order valence-electron chi connectivity index (χ1n) is 11.5. The maximum Gasteiger partial charge on any atom is 0.433 e. The summed E-state index contributed by atoms with van der Waals surface area (Å²) in [6.07, 6.45) is -5.19. The van der Waals surface area contributed by atoms with E-state index in [0.29, 0.717) is 25.1 Å². The molecule has 192 valence electrons. The number of likely N-dealkylation sites (tertiary alicyclic amines) is 1. The number of ether oxygens (including phenoxy) is 1. The van der Waals surface area contributed by atoms with Gasteiger partial charge in [0.1, 0.15) is 17.7 Å². The standard InChI is InChI=1S/C25H27F3N4O4/c1-13(18-11-19-21(29-14(2)30-22(19)33)31-20(18)25(26,27)28)36-17-7-5-15(6-8-17)23(34)32-10-9-16(12-32)24(3,4)35/h5-8,11,13,16,35H,9-10,12H2,1-4H3,(H,29,30,31,33)/t13-,16-/m0/s1. The lowest BCUT2D eigenvalue weighted by atomic mass is 9.90. The maximum absolute atomic E-state index is 13.8. The highest BCUT2D eigenvalue weighted by Crippen LogP contribution is 2.36. The predicted molar refractivity (Wildman–Crippen MR) is 126 cm³/mol. The largest absolute Gasteiger partial charge is 0.486 e. The summed E-state index contributed by atoms with van der Waals surface area (Å²) in [5, 5.41) is 10.1. The zero-order valence-corrected chi connectivity index (χ0v) is 20.3. The lowest BCUT2D eigenvalue weighted by Crippen LogP contribution is -2.35. The van der Waals surface area contributed by atoms with E-state index in [1.165, 1.54) is 26.0 Å². The number of aromatic amines is 1. The van der Waals surface area contributed by atoms with Crippen LogP contribution in [0.5, 0.6) is 5.75 Å². The summed E-state index contributed by atoms with van der Waals surface area (Å²) in [5.41, 5.74) is -2.85. The molecule has 0 bridgehead atoms. The molecule has 3 aromatic rings. The minimum atomic E-state index is -4.79. The van der Waals surface area contributed by atoms with Gasteiger partial charge >= 0.3 is 6.18 Å². The lowest BCUT2D eigenvalue weighted by Gasteiger charge is -2.25. The second-order valence-corrected chi connectivity index (χ2v) is 9.62. The van der Waals surface area contributed by atoms with Gasteiger partial charge < -0.3 is 19.7 Å². The van der Waals surface area contributed by atoms with Gasteiger partial charge in [-0.2, -0.15) is 13.2 Å². The van der Waals surface area contributed by atoms with E-state index in [0.717, 1.165) is 6.07 Å². The molecule has 0 unspecified atom stereocenters. The first-order valence-corrected chi connectivity index (χ1v) is 11.5. The van der Waals surface area contributed by atoms with Crippen molar-refractivity contribution in [2.24, 2.45) is 5.92 Å². The van der Waals surface area contributed by atoms with Gasteiger partial charge in [-0.25, -0.2) is 9.97 Å². The minimum absolute atomic E-state index is 0.0188. The Hall–Kier alpha value is -3.47. The van der Waals surface area contributed by atoms with Crippen LogP contribution in [0.1, 0.15) is 60.7 Å². The Labute approximate surface area is 205 Å². The Balaban J connectivity index is 1.56. The number of H-pyrrole nitrogens is 1. The molecule has 36 heavy (non-hydrogen) atoms. The third-order valence-electron chi connectivity index (χ3n) is 6.44. The van der Waals surface area contributed by atoms with E-state index in [1.54, 1.807) is 30.9 Å². The normalized spacial score (nSPS) is 17.4. The van der Waals surface area contributed by atoms with Crippen LogP contribution in [0.25, 0.3) is 11.0 Å². The van der Waals surface area contributed by atoms with Crippen LogP contribution in [-0.4, -0.2) is 49.6 Å². The number of hydrogen-bond donors (Lipinski definition) is 2. The summed E-state index contributed by atoms with van der Waals surface area (Å²) in [6.45, 7) is 7.31. The van der Waals surface area contributed by atoms with Crippen molar-refractivity contribution >= 4 is 16.9 Å². The van der Waals surface area contributed by atoms with Crippen molar-refractivity contribution in [2.75, 3.05) is 13.1 Å². The van der Waals surface area contributed by atoms with Crippen LogP contribution in [-0.2, 0) is 6.18 Å². The highest BCUT2D eigenvalue weighted by atomic mass is 19.4. The van der Waals surface area contributed by atoms with Crippen LogP contribution >= 0.6 is 0 Å². The molecule has 0 aliphatic carbocycles. The number of alkyl halides is 3. The first kappa shape index (κ1) is 25.6. The molecule has 2 N–H and O–H groups in total. The molecule has 1 aromatic carbocycles. The number of rotatable bonds is 5. The average Bonchev–Trinajstić information content (AvgIpc) is 3.28. The Morgan fingerprint density at radius 1 is 1.22 bits per heavy atom. The number of nitrogens with zero attached hydrogens (tertiary/aromatic N) is 3. The van der Waals surface area contributed by atoms with Gasteiger partial charge in [-0.1, -0.05) is 0 Å². The number of fused-ring (bicyclic) bond motifs is 1. The monoisotopic (exact) mass is 504 g/mol. The summed E-state index contributed by atoms with van der Waals surface area (Å²) < 4.78 is 47.1. The molecule has 1 amide bonds. The zero-order valence-electron chi connectivity index (χ0n) is 20.3. The number of nitrogens with one attached hydrogen (secondary N) is 1. The fourth-order valence-electron chi connectivity index (χ4n) is 4.37. The molecule has 1 saturated heterocycles. The first-order chi connectivity index (χ1) is 16.7. The number of hydrogen-bond acceptors (Lipinski definition) is 6. The number of aromatic nitrogens is 3. The number of halogens is 3. The molecule has 4 rings (SSSR count). The zero-order chi connectivity index (χ0) is 26.4. The van der Waals surface area contributed by atoms with Crippen molar-refractivity contribution < 1.29 is 27.8 Å². The number of carbonyl (C=O) groups excluding carboxylic acids is 1. The van der Waals surface area contributed by atoms with E-state index >= 15 is 0 Å². The quantitative estimate of drug-likeness (QED) is 0.544. The molecule has 1 aliphatic heterocycles. The van der Waals surface area contributed by atoms with Crippen LogP contribution in [0.2, 0.25) is 0 Å². The molecule has 11 heteroatoms. The number of benzene rings is 1. The summed E-state index contributed by atoms with van der Waals surface area (Å²) in [5.74, 6) is 0.194. The average molecular weight is 505 g/mol. The van der Waals surface area contributed by atoms with Crippen LogP contribution in [0.3, 0.4) is 0 Å². The van der Waals surface area contributed by atoms with Gasteiger partial charge in [-0.3, -0.25) is 9.59 Å². The summed E-state index contributed by atoms with van der Waals surface area (Å²) in [4.78, 5) is 36.8. The molecular formula is C25H27F3N4O4. The van der Waals surface area contributed by atoms with Gasteiger partial charge in [-0.15, -0.1) is 0 Å². The van der Waals surface area contributed by atoms with E-state index in [-0.39, 0.29) is 40.0 Å².